The third-order valence-electron chi connectivity index (χ3n) is 1.07. The van der Waals surface area contributed by atoms with Crippen molar-refractivity contribution in [1.29, 1.82) is 0 Å². The Morgan fingerprint density at radius 3 is 1.93 bits per heavy atom. The van der Waals surface area contributed by atoms with Crippen LogP contribution in [0.4, 0.5) is 0 Å². The largest absolute Gasteiger partial charge is 0.386 e. The third kappa shape index (κ3) is 32.3. The lowest BCUT2D eigenvalue weighted by atomic mass is 10.5. The van der Waals surface area contributed by atoms with E-state index in [4.69, 9.17) is 11.5 Å². The molecule has 0 fully saturated rings. The summed E-state index contributed by atoms with van der Waals surface area (Å²) in [5, 5.41) is 5.23. The molecule has 0 spiro atoms. The Labute approximate surface area is 93.3 Å². The first-order valence-corrected chi connectivity index (χ1v) is 5.17. The first kappa shape index (κ1) is 19.4. The highest BCUT2D eigenvalue weighted by atomic mass is 16.1. The summed E-state index contributed by atoms with van der Waals surface area (Å²) in [5.41, 5.74) is 10.0. The Balaban J connectivity index is -0.000000166. The van der Waals surface area contributed by atoms with Gasteiger partial charge in [0.1, 0.15) is 0 Å². The summed E-state index contributed by atoms with van der Waals surface area (Å²) in [6.07, 6.45) is 1.09. The standard InChI is InChI=1S/C5H12N2.C3H8N2O.C2H6/c1-3-4-7-5(2)6;1-5-3(6)2-4;1-2/h7H,2-4,6H2,1H3;2,4H2,1H3,(H,5,6);1-2H3. The smallest absolute Gasteiger partial charge is 0.233 e. The van der Waals surface area contributed by atoms with Gasteiger partial charge >= 0.3 is 0 Å². The second-order valence-electron chi connectivity index (χ2n) is 2.33. The first-order chi connectivity index (χ1) is 7.08. The number of nitrogens with one attached hydrogen (secondary N) is 2. The first-order valence-electron chi connectivity index (χ1n) is 5.17. The molecule has 0 aromatic heterocycles. The molecule has 0 saturated heterocycles. The van der Waals surface area contributed by atoms with Crippen molar-refractivity contribution in [2.24, 2.45) is 11.5 Å². The zero-order chi connectivity index (χ0) is 12.7. The van der Waals surface area contributed by atoms with Gasteiger partial charge < -0.3 is 22.1 Å². The summed E-state index contributed by atoms with van der Waals surface area (Å²) in [6.45, 7) is 10.5. The van der Waals surface area contributed by atoms with Crippen molar-refractivity contribution in [3.05, 3.63) is 12.4 Å². The minimum atomic E-state index is -0.130. The van der Waals surface area contributed by atoms with Gasteiger partial charge in [-0.25, -0.2) is 0 Å². The molecule has 0 aliphatic heterocycles. The monoisotopic (exact) mass is 218 g/mol. The van der Waals surface area contributed by atoms with Crippen LogP contribution in [0, 0.1) is 0 Å². The molecular weight excluding hydrogens is 192 g/mol. The highest BCUT2D eigenvalue weighted by Crippen LogP contribution is 1.70. The van der Waals surface area contributed by atoms with Crippen LogP contribution in [0.25, 0.3) is 0 Å². The molecule has 0 unspecified atom stereocenters. The van der Waals surface area contributed by atoms with E-state index in [2.05, 4.69) is 24.1 Å². The summed E-state index contributed by atoms with van der Waals surface area (Å²) in [6, 6.07) is 0. The molecule has 0 aromatic rings. The fourth-order valence-corrected chi connectivity index (χ4v) is 0.388. The van der Waals surface area contributed by atoms with Crippen LogP contribution < -0.4 is 22.1 Å². The molecule has 5 heteroatoms. The second kappa shape index (κ2) is 18.5. The van der Waals surface area contributed by atoms with E-state index < -0.39 is 0 Å². The fraction of sp³-hybridized carbons (Fsp3) is 0.700. The van der Waals surface area contributed by atoms with E-state index in [0.717, 1.165) is 13.0 Å². The maximum Gasteiger partial charge on any atom is 0.233 e. The van der Waals surface area contributed by atoms with Gasteiger partial charge in [-0.05, 0) is 6.42 Å². The van der Waals surface area contributed by atoms with Gasteiger partial charge in [-0.2, -0.15) is 0 Å². The summed E-state index contributed by atoms with van der Waals surface area (Å²) >= 11 is 0. The molecule has 0 heterocycles. The third-order valence-corrected chi connectivity index (χ3v) is 1.07. The lowest BCUT2D eigenvalue weighted by molar-refractivity contribution is -0.119. The van der Waals surface area contributed by atoms with Crippen LogP contribution in [0.2, 0.25) is 0 Å². The second-order valence-corrected chi connectivity index (χ2v) is 2.33. The van der Waals surface area contributed by atoms with E-state index in [1.54, 1.807) is 7.05 Å². The lowest BCUT2D eigenvalue weighted by Gasteiger charge is -1.98. The van der Waals surface area contributed by atoms with Crippen molar-refractivity contribution in [2.45, 2.75) is 27.2 Å². The summed E-state index contributed by atoms with van der Waals surface area (Å²) in [4.78, 5) is 9.94. The summed E-state index contributed by atoms with van der Waals surface area (Å²) in [7, 11) is 1.55. The quantitative estimate of drug-likeness (QED) is 0.540. The zero-order valence-corrected chi connectivity index (χ0v) is 10.4. The van der Waals surface area contributed by atoms with E-state index in [1.807, 2.05) is 13.8 Å². The molecule has 0 rings (SSSR count). The fourth-order valence-electron chi connectivity index (χ4n) is 0.388. The minimum Gasteiger partial charge on any atom is -0.386 e. The predicted molar refractivity (Wildman–Crippen MR) is 66.1 cm³/mol. The maximum absolute atomic E-state index is 9.94. The molecule has 15 heavy (non-hydrogen) atoms. The number of carbonyl (C=O) groups is 1. The van der Waals surface area contributed by atoms with E-state index in [9.17, 15) is 4.79 Å². The molecule has 0 radical (unpaired) electrons. The van der Waals surface area contributed by atoms with Crippen LogP contribution in [0.15, 0.2) is 12.4 Å². The van der Waals surface area contributed by atoms with Gasteiger partial charge in [-0.15, -0.1) is 0 Å². The molecule has 6 N–H and O–H groups in total. The number of hydrogen-bond donors (Lipinski definition) is 4. The Morgan fingerprint density at radius 1 is 1.40 bits per heavy atom. The molecule has 0 aromatic carbocycles. The predicted octanol–water partition coefficient (Wildman–Crippen LogP) is 0.133. The van der Waals surface area contributed by atoms with Gasteiger partial charge in [0.2, 0.25) is 5.91 Å². The van der Waals surface area contributed by atoms with Gasteiger partial charge in [0.05, 0.1) is 12.4 Å². The van der Waals surface area contributed by atoms with Crippen LogP contribution in [-0.2, 0) is 4.79 Å². The van der Waals surface area contributed by atoms with Crippen LogP contribution in [0.5, 0.6) is 0 Å². The number of nitrogens with two attached hydrogens (primary N) is 2. The summed E-state index contributed by atoms with van der Waals surface area (Å²) in [5.74, 6) is 0.428. The molecular formula is C10H26N4O. The number of likely N-dealkylation sites (N-methyl/N-ethyl adjacent to an activating group) is 1. The molecule has 0 atom stereocenters. The van der Waals surface area contributed by atoms with E-state index >= 15 is 0 Å². The Morgan fingerprint density at radius 2 is 1.87 bits per heavy atom. The maximum atomic E-state index is 9.94. The molecule has 1 amide bonds. The van der Waals surface area contributed by atoms with E-state index in [-0.39, 0.29) is 12.5 Å². The van der Waals surface area contributed by atoms with Gasteiger partial charge in [-0.1, -0.05) is 27.4 Å². The topological polar surface area (TPSA) is 93.2 Å². The van der Waals surface area contributed by atoms with Gasteiger partial charge in [0.25, 0.3) is 0 Å². The average molecular weight is 218 g/mol. The SMILES string of the molecule is C=C(N)NCCC.CC.CNC(=O)CN. The van der Waals surface area contributed by atoms with Gasteiger partial charge in [-0.3, -0.25) is 4.79 Å². The number of hydrogen-bond acceptors (Lipinski definition) is 4. The van der Waals surface area contributed by atoms with Crippen molar-refractivity contribution in [3.8, 4) is 0 Å². The highest BCUT2D eigenvalue weighted by molar-refractivity contribution is 5.77. The number of amides is 1. The zero-order valence-electron chi connectivity index (χ0n) is 10.4. The van der Waals surface area contributed by atoms with E-state index in [1.165, 1.54) is 0 Å². The average Bonchev–Trinajstić information content (AvgIpc) is 2.28. The summed E-state index contributed by atoms with van der Waals surface area (Å²) < 4.78 is 0. The number of carbonyl (C=O) groups excluding carboxylic acids is 1. The normalized spacial score (nSPS) is 7.27. The van der Waals surface area contributed by atoms with Crippen molar-refractivity contribution in [3.63, 3.8) is 0 Å². The van der Waals surface area contributed by atoms with Crippen LogP contribution in [0.1, 0.15) is 27.2 Å². The molecule has 0 aliphatic carbocycles. The highest BCUT2D eigenvalue weighted by Gasteiger charge is 1.84. The van der Waals surface area contributed by atoms with E-state index in [0.29, 0.717) is 5.82 Å². The number of rotatable bonds is 4. The van der Waals surface area contributed by atoms with Crippen LogP contribution in [0.3, 0.4) is 0 Å². The molecule has 0 bridgehead atoms. The van der Waals surface area contributed by atoms with Crippen molar-refractivity contribution < 1.29 is 4.79 Å². The van der Waals surface area contributed by atoms with Crippen molar-refractivity contribution in [1.82, 2.24) is 10.6 Å². The van der Waals surface area contributed by atoms with Crippen molar-refractivity contribution in [2.75, 3.05) is 20.1 Å². The van der Waals surface area contributed by atoms with Gasteiger partial charge in [0, 0.05) is 13.6 Å². The molecule has 92 valence electrons. The van der Waals surface area contributed by atoms with Crippen molar-refractivity contribution >= 4 is 5.91 Å². The Bertz CT molecular complexity index is 142. The lowest BCUT2D eigenvalue weighted by Crippen LogP contribution is -2.26. The minimum absolute atomic E-state index is 0.0799. The molecule has 0 aliphatic rings. The Hall–Kier alpha value is -1.23. The Kier molecular flexibility index (Phi) is 23.9. The molecule has 0 saturated carbocycles. The van der Waals surface area contributed by atoms with Crippen LogP contribution in [-0.4, -0.2) is 26.0 Å². The van der Waals surface area contributed by atoms with Gasteiger partial charge in [0.15, 0.2) is 0 Å². The molecule has 5 nitrogen and oxygen atoms in total. The van der Waals surface area contributed by atoms with Crippen LogP contribution >= 0.6 is 0 Å².